The minimum absolute atomic E-state index is 0. The number of imide groups is 2. The number of anilines is 1. The molecule has 11 nitrogen and oxygen atoms in total. The Bertz CT molecular complexity index is 940. The Balaban J connectivity index is 0.00000385. The van der Waals surface area contributed by atoms with E-state index in [4.69, 9.17) is 10.5 Å². The van der Waals surface area contributed by atoms with Crippen molar-refractivity contribution in [2.24, 2.45) is 5.73 Å². The maximum absolute atomic E-state index is 13.0. The van der Waals surface area contributed by atoms with Gasteiger partial charge in [0.15, 0.2) is 0 Å². The first-order chi connectivity index (χ1) is 15.3. The first-order valence-corrected chi connectivity index (χ1v) is 10.4. The number of rotatable bonds is 10. The van der Waals surface area contributed by atoms with Crippen LogP contribution >= 0.6 is 12.4 Å². The zero-order valence-corrected chi connectivity index (χ0v) is 19.1. The van der Waals surface area contributed by atoms with Gasteiger partial charge in [-0.15, -0.1) is 12.4 Å². The summed E-state index contributed by atoms with van der Waals surface area (Å²) in [5.74, 6) is -2.71. The molecule has 0 spiro atoms. The molecular formula is C21H28ClN5O6. The highest BCUT2D eigenvalue weighted by molar-refractivity contribution is 6.26. The maximum Gasteiger partial charge on any atom is 0.264 e. The molecule has 1 atom stereocenters. The molecule has 2 aliphatic rings. The molecule has 33 heavy (non-hydrogen) atoms. The van der Waals surface area contributed by atoms with Crippen LogP contribution < -0.4 is 16.4 Å². The summed E-state index contributed by atoms with van der Waals surface area (Å²) in [7, 11) is 1.86. The van der Waals surface area contributed by atoms with Crippen LogP contribution in [-0.4, -0.2) is 85.3 Å². The van der Waals surface area contributed by atoms with Gasteiger partial charge in [-0.3, -0.25) is 34.2 Å². The van der Waals surface area contributed by atoms with E-state index in [1.54, 1.807) is 12.1 Å². The number of nitrogens with two attached hydrogens (primary N) is 1. The van der Waals surface area contributed by atoms with Crippen LogP contribution in [-0.2, 0) is 19.1 Å². The Morgan fingerprint density at radius 2 is 1.97 bits per heavy atom. The average Bonchev–Trinajstić information content (AvgIpc) is 3.01. The van der Waals surface area contributed by atoms with E-state index >= 15 is 0 Å². The molecule has 12 heteroatoms. The lowest BCUT2D eigenvalue weighted by Gasteiger charge is -2.27. The van der Waals surface area contributed by atoms with Crippen molar-refractivity contribution in [2.45, 2.75) is 25.3 Å². The Morgan fingerprint density at radius 3 is 2.67 bits per heavy atom. The van der Waals surface area contributed by atoms with E-state index in [1.165, 1.54) is 6.07 Å². The Morgan fingerprint density at radius 1 is 1.21 bits per heavy atom. The quantitative estimate of drug-likeness (QED) is 0.305. The van der Waals surface area contributed by atoms with Crippen molar-refractivity contribution in [1.29, 1.82) is 0 Å². The standard InChI is InChI=1S/C21H27N5O6.ClH/c1-25(10-12-32-11-8-22)9-7-17(28)23-14-4-2-3-13-18(14)21(31)26(20(13)30)15-5-6-16(27)24-19(15)29;/h2-4,15H,5-12,22H2,1H3,(H,23,28)(H,24,27,29);1H. The topological polar surface area (TPSA) is 151 Å². The van der Waals surface area contributed by atoms with Crippen molar-refractivity contribution >= 4 is 47.6 Å². The molecule has 1 aromatic rings. The number of benzene rings is 1. The lowest BCUT2D eigenvalue weighted by molar-refractivity contribution is -0.136. The second-order valence-electron chi connectivity index (χ2n) is 7.68. The van der Waals surface area contributed by atoms with Gasteiger partial charge >= 0.3 is 0 Å². The molecule has 1 aromatic carbocycles. The number of halogens is 1. The van der Waals surface area contributed by atoms with Crippen LogP contribution in [0, 0.1) is 0 Å². The van der Waals surface area contributed by atoms with E-state index in [0.29, 0.717) is 32.8 Å². The predicted molar refractivity (Wildman–Crippen MR) is 121 cm³/mol. The zero-order valence-electron chi connectivity index (χ0n) is 18.3. The molecule has 2 heterocycles. The fourth-order valence-corrected chi connectivity index (χ4v) is 3.64. The third kappa shape index (κ3) is 6.14. The van der Waals surface area contributed by atoms with E-state index in [0.717, 1.165) is 4.90 Å². The van der Waals surface area contributed by atoms with Crippen LogP contribution in [0.3, 0.4) is 0 Å². The van der Waals surface area contributed by atoms with Crippen LogP contribution in [0.4, 0.5) is 5.69 Å². The van der Waals surface area contributed by atoms with Crippen molar-refractivity contribution in [3.8, 4) is 0 Å². The van der Waals surface area contributed by atoms with Crippen LogP contribution in [0.5, 0.6) is 0 Å². The number of likely N-dealkylation sites (N-methyl/N-ethyl adjacent to an activating group) is 1. The van der Waals surface area contributed by atoms with Gasteiger partial charge in [-0.25, -0.2) is 0 Å². The van der Waals surface area contributed by atoms with Gasteiger partial charge < -0.3 is 20.7 Å². The van der Waals surface area contributed by atoms with Crippen LogP contribution in [0.25, 0.3) is 0 Å². The number of hydrogen-bond donors (Lipinski definition) is 3. The van der Waals surface area contributed by atoms with Gasteiger partial charge in [0.1, 0.15) is 6.04 Å². The van der Waals surface area contributed by atoms with Crippen molar-refractivity contribution < 1.29 is 28.7 Å². The Hall–Kier alpha value is -2.86. The summed E-state index contributed by atoms with van der Waals surface area (Å²) < 4.78 is 5.31. The van der Waals surface area contributed by atoms with E-state index in [1.807, 2.05) is 11.9 Å². The number of hydrogen-bond acceptors (Lipinski definition) is 8. The number of amides is 5. The van der Waals surface area contributed by atoms with Gasteiger partial charge in [-0.05, 0) is 25.6 Å². The van der Waals surface area contributed by atoms with E-state index in [-0.39, 0.29) is 54.4 Å². The van der Waals surface area contributed by atoms with Gasteiger partial charge in [0.25, 0.3) is 11.8 Å². The molecule has 0 aliphatic carbocycles. The van der Waals surface area contributed by atoms with Crippen LogP contribution in [0.15, 0.2) is 18.2 Å². The monoisotopic (exact) mass is 481 g/mol. The van der Waals surface area contributed by atoms with Crippen molar-refractivity contribution in [1.82, 2.24) is 15.1 Å². The number of nitrogens with zero attached hydrogens (tertiary/aromatic N) is 2. The molecule has 1 saturated heterocycles. The maximum atomic E-state index is 13.0. The summed E-state index contributed by atoms with van der Waals surface area (Å²) in [6.07, 6.45) is 0.285. The Labute approximate surface area is 197 Å². The predicted octanol–water partition coefficient (Wildman–Crippen LogP) is -0.255. The molecule has 180 valence electrons. The third-order valence-electron chi connectivity index (χ3n) is 5.34. The highest BCUT2D eigenvalue weighted by Crippen LogP contribution is 2.32. The van der Waals surface area contributed by atoms with Crippen LogP contribution in [0.1, 0.15) is 40.0 Å². The normalized spacial score (nSPS) is 17.7. The summed E-state index contributed by atoms with van der Waals surface area (Å²) in [5, 5.41) is 4.86. The lowest BCUT2D eigenvalue weighted by Crippen LogP contribution is -2.54. The summed E-state index contributed by atoms with van der Waals surface area (Å²) in [6.45, 7) is 2.56. The summed E-state index contributed by atoms with van der Waals surface area (Å²) in [4.78, 5) is 64.7. The van der Waals surface area contributed by atoms with Gasteiger partial charge in [0.2, 0.25) is 17.7 Å². The zero-order chi connectivity index (χ0) is 23.3. The molecule has 5 amide bonds. The molecular weight excluding hydrogens is 454 g/mol. The molecule has 1 fully saturated rings. The molecule has 4 N–H and O–H groups in total. The highest BCUT2D eigenvalue weighted by atomic mass is 35.5. The summed E-state index contributed by atoms with van der Waals surface area (Å²) >= 11 is 0. The Kier molecular flexibility index (Phi) is 9.47. The van der Waals surface area contributed by atoms with E-state index < -0.39 is 29.7 Å². The third-order valence-corrected chi connectivity index (χ3v) is 5.34. The number of carbonyl (C=O) groups is 5. The fraction of sp³-hybridized carbons (Fsp3) is 0.476. The molecule has 3 rings (SSSR count). The van der Waals surface area contributed by atoms with Crippen molar-refractivity contribution in [3.05, 3.63) is 29.3 Å². The number of nitrogens with one attached hydrogen (secondary N) is 2. The molecule has 1 unspecified atom stereocenters. The number of piperidine rings is 1. The lowest BCUT2D eigenvalue weighted by atomic mass is 10.0. The van der Waals surface area contributed by atoms with Gasteiger partial charge in [-0.2, -0.15) is 0 Å². The van der Waals surface area contributed by atoms with Crippen molar-refractivity contribution in [3.63, 3.8) is 0 Å². The average molecular weight is 482 g/mol. The van der Waals surface area contributed by atoms with Gasteiger partial charge in [0, 0.05) is 32.5 Å². The molecule has 2 aliphatic heterocycles. The first kappa shape index (κ1) is 26.4. The highest BCUT2D eigenvalue weighted by Gasteiger charge is 2.45. The van der Waals surface area contributed by atoms with Crippen LogP contribution in [0.2, 0.25) is 0 Å². The second-order valence-corrected chi connectivity index (χ2v) is 7.68. The SMILES string of the molecule is CN(CCOCCN)CCC(=O)Nc1cccc2c1C(=O)N(C1CCC(=O)NC1=O)C2=O.Cl. The molecule has 0 saturated carbocycles. The van der Waals surface area contributed by atoms with Gasteiger partial charge in [-0.1, -0.05) is 6.07 Å². The first-order valence-electron chi connectivity index (χ1n) is 10.4. The molecule has 0 aromatic heterocycles. The molecule has 0 radical (unpaired) electrons. The fourth-order valence-electron chi connectivity index (χ4n) is 3.64. The number of fused-ring (bicyclic) bond motifs is 1. The second kappa shape index (κ2) is 11.8. The van der Waals surface area contributed by atoms with E-state index in [2.05, 4.69) is 10.6 Å². The van der Waals surface area contributed by atoms with Gasteiger partial charge in [0.05, 0.1) is 30.0 Å². The largest absolute Gasteiger partial charge is 0.379 e. The van der Waals surface area contributed by atoms with E-state index in [9.17, 15) is 24.0 Å². The molecule has 0 bridgehead atoms. The minimum atomic E-state index is -1.06. The minimum Gasteiger partial charge on any atom is -0.379 e. The van der Waals surface area contributed by atoms with Crippen molar-refractivity contribution in [2.75, 3.05) is 45.2 Å². The number of carbonyl (C=O) groups excluding carboxylic acids is 5. The number of ether oxygens (including phenoxy) is 1. The summed E-state index contributed by atoms with van der Waals surface area (Å²) in [5.41, 5.74) is 5.75. The summed E-state index contributed by atoms with van der Waals surface area (Å²) in [6, 6.07) is 3.53. The smallest absolute Gasteiger partial charge is 0.264 e.